The van der Waals surface area contributed by atoms with Gasteiger partial charge in [-0.15, -0.1) is 0 Å². The lowest BCUT2D eigenvalue weighted by Crippen LogP contribution is -2.27. The third-order valence-electron chi connectivity index (χ3n) is 4.74. The van der Waals surface area contributed by atoms with E-state index in [9.17, 15) is 0 Å². The van der Waals surface area contributed by atoms with Crippen molar-refractivity contribution >= 4 is 5.95 Å². The van der Waals surface area contributed by atoms with Crippen LogP contribution in [0.4, 0.5) is 5.95 Å². The molecule has 3 heteroatoms. The van der Waals surface area contributed by atoms with Crippen LogP contribution in [-0.2, 0) is 0 Å². The van der Waals surface area contributed by atoms with Crippen LogP contribution in [0.3, 0.4) is 0 Å². The van der Waals surface area contributed by atoms with E-state index in [-0.39, 0.29) is 0 Å². The average molecular weight is 247 g/mol. The summed E-state index contributed by atoms with van der Waals surface area (Å²) in [6, 6.07) is 1.33. The molecule has 1 aromatic heterocycles. The number of anilines is 1. The van der Waals surface area contributed by atoms with Gasteiger partial charge in [0.25, 0.3) is 0 Å². The van der Waals surface area contributed by atoms with Crippen LogP contribution in [0.2, 0.25) is 0 Å². The van der Waals surface area contributed by atoms with E-state index in [1.54, 1.807) is 0 Å². The van der Waals surface area contributed by atoms with Gasteiger partial charge >= 0.3 is 0 Å². The fourth-order valence-corrected chi connectivity index (χ4v) is 3.49. The lowest BCUT2D eigenvalue weighted by atomic mass is 9.87. The Morgan fingerprint density at radius 3 is 2.56 bits per heavy atom. The normalized spacial score (nSPS) is 29.6. The molecule has 3 nitrogen and oxygen atoms in total. The molecule has 2 aliphatic carbocycles. The van der Waals surface area contributed by atoms with Gasteiger partial charge in [0.1, 0.15) is 0 Å². The smallest absolute Gasteiger partial charge is 0.203 e. The molecule has 0 radical (unpaired) electrons. The van der Waals surface area contributed by atoms with Gasteiger partial charge in [-0.05, 0) is 44.4 Å². The highest BCUT2D eigenvalue weighted by Crippen LogP contribution is 2.32. The molecular weight excluding hydrogens is 222 g/mol. The van der Waals surface area contributed by atoms with Gasteiger partial charge < -0.3 is 9.88 Å². The van der Waals surface area contributed by atoms with Gasteiger partial charge in [-0.1, -0.05) is 19.8 Å². The highest BCUT2D eigenvalue weighted by Gasteiger charge is 2.22. The number of nitrogens with zero attached hydrogens (tertiary/aromatic N) is 2. The second-order valence-electron chi connectivity index (χ2n) is 6.20. The number of nitrogens with one attached hydrogen (secondary N) is 1. The minimum Gasteiger partial charge on any atom is -0.353 e. The Balaban J connectivity index is 1.64. The fraction of sp³-hybridized carbons (Fsp3) is 0.800. The zero-order valence-electron chi connectivity index (χ0n) is 11.4. The molecule has 0 unspecified atom stereocenters. The van der Waals surface area contributed by atoms with E-state index in [4.69, 9.17) is 0 Å². The van der Waals surface area contributed by atoms with Crippen molar-refractivity contribution in [2.24, 2.45) is 5.92 Å². The van der Waals surface area contributed by atoms with Gasteiger partial charge in [-0.2, -0.15) is 0 Å². The van der Waals surface area contributed by atoms with Gasteiger partial charge in [0, 0.05) is 24.5 Å². The fourth-order valence-electron chi connectivity index (χ4n) is 3.49. The topological polar surface area (TPSA) is 29.9 Å². The maximum Gasteiger partial charge on any atom is 0.203 e. The Labute approximate surface area is 110 Å². The van der Waals surface area contributed by atoms with Crippen LogP contribution in [0.5, 0.6) is 0 Å². The van der Waals surface area contributed by atoms with E-state index in [0.717, 1.165) is 11.9 Å². The Morgan fingerprint density at radius 1 is 1.11 bits per heavy atom. The first-order valence-electron chi connectivity index (χ1n) is 7.62. The minimum atomic E-state index is 0.642. The molecule has 2 fully saturated rings. The van der Waals surface area contributed by atoms with E-state index >= 15 is 0 Å². The lowest BCUT2D eigenvalue weighted by Gasteiger charge is -2.28. The largest absolute Gasteiger partial charge is 0.353 e. The molecule has 100 valence electrons. The number of rotatable bonds is 3. The molecule has 3 rings (SSSR count). The summed E-state index contributed by atoms with van der Waals surface area (Å²) < 4.78 is 2.38. The highest BCUT2D eigenvalue weighted by atomic mass is 15.2. The first-order valence-corrected chi connectivity index (χ1v) is 7.62. The van der Waals surface area contributed by atoms with Crippen LogP contribution in [0.1, 0.15) is 64.3 Å². The predicted octanol–water partition coefficient (Wildman–Crippen LogP) is 3.99. The van der Waals surface area contributed by atoms with Crippen molar-refractivity contribution in [2.75, 3.05) is 5.32 Å². The standard InChI is InChI=1S/C15H25N3/c1-12-6-8-13(9-7-12)17-15-16-10-11-18(15)14-4-2-3-5-14/h10-14H,2-9H2,1H3,(H,16,17). The van der Waals surface area contributed by atoms with E-state index in [0.29, 0.717) is 12.1 Å². The summed E-state index contributed by atoms with van der Waals surface area (Å²) in [5, 5.41) is 3.68. The summed E-state index contributed by atoms with van der Waals surface area (Å²) in [6.07, 6.45) is 14.9. The van der Waals surface area contributed by atoms with Gasteiger partial charge in [-0.3, -0.25) is 0 Å². The molecule has 18 heavy (non-hydrogen) atoms. The zero-order chi connectivity index (χ0) is 12.4. The van der Waals surface area contributed by atoms with Crippen LogP contribution in [0, 0.1) is 5.92 Å². The number of hydrogen-bond acceptors (Lipinski definition) is 2. The average Bonchev–Trinajstić information content (AvgIpc) is 3.02. The maximum absolute atomic E-state index is 4.53. The molecule has 2 aliphatic rings. The van der Waals surface area contributed by atoms with Crippen LogP contribution >= 0.6 is 0 Å². The van der Waals surface area contributed by atoms with Crippen LogP contribution in [-0.4, -0.2) is 15.6 Å². The Hall–Kier alpha value is -0.990. The maximum atomic E-state index is 4.53. The molecule has 1 heterocycles. The summed E-state index contributed by atoms with van der Waals surface area (Å²) in [6.45, 7) is 2.37. The van der Waals surface area contributed by atoms with E-state index in [2.05, 4.69) is 28.0 Å². The highest BCUT2D eigenvalue weighted by molar-refractivity contribution is 5.28. The summed E-state index contributed by atoms with van der Waals surface area (Å²) in [4.78, 5) is 4.53. The van der Waals surface area contributed by atoms with E-state index in [1.807, 2.05) is 6.20 Å². The van der Waals surface area contributed by atoms with Crippen molar-refractivity contribution in [1.29, 1.82) is 0 Å². The Kier molecular flexibility index (Phi) is 3.57. The van der Waals surface area contributed by atoms with Gasteiger partial charge in [0.05, 0.1) is 0 Å². The SMILES string of the molecule is CC1CCC(Nc2nccn2C2CCCC2)CC1. The molecule has 0 bridgehead atoms. The van der Waals surface area contributed by atoms with E-state index in [1.165, 1.54) is 51.4 Å². The summed E-state index contributed by atoms with van der Waals surface area (Å²) in [5.74, 6) is 2.03. The molecule has 2 saturated carbocycles. The van der Waals surface area contributed by atoms with Crippen molar-refractivity contribution < 1.29 is 0 Å². The third-order valence-corrected chi connectivity index (χ3v) is 4.74. The van der Waals surface area contributed by atoms with Crippen LogP contribution < -0.4 is 5.32 Å². The van der Waals surface area contributed by atoms with Gasteiger partial charge in [-0.25, -0.2) is 4.98 Å². The molecule has 1 aromatic rings. The number of aromatic nitrogens is 2. The van der Waals surface area contributed by atoms with E-state index < -0.39 is 0 Å². The molecule has 0 aromatic carbocycles. The van der Waals surface area contributed by atoms with Crippen molar-refractivity contribution in [2.45, 2.75) is 70.4 Å². The van der Waals surface area contributed by atoms with Gasteiger partial charge in [0.2, 0.25) is 5.95 Å². The number of hydrogen-bond donors (Lipinski definition) is 1. The molecule has 0 atom stereocenters. The summed E-state index contributed by atoms with van der Waals surface area (Å²) >= 11 is 0. The molecular formula is C15H25N3. The van der Waals surface area contributed by atoms with Gasteiger partial charge in [0.15, 0.2) is 0 Å². The number of imidazole rings is 1. The molecule has 0 spiro atoms. The van der Waals surface area contributed by atoms with Crippen molar-refractivity contribution in [3.8, 4) is 0 Å². The molecule has 1 N–H and O–H groups in total. The molecule has 0 saturated heterocycles. The second-order valence-corrected chi connectivity index (χ2v) is 6.20. The minimum absolute atomic E-state index is 0.642. The van der Waals surface area contributed by atoms with Crippen molar-refractivity contribution in [3.05, 3.63) is 12.4 Å². The molecule has 0 amide bonds. The monoisotopic (exact) mass is 247 g/mol. The lowest BCUT2D eigenvalue weighted by molar-refractivity contribution is 0.358. The summed E-state index contributed by atoms with van der Waals surface area (Å²) in [5.41, 5.74) is 0. The van der Waals surface area contributed by atoms with Crippen molar-refractivity contribution in [3.63, 3.8) is 0 Å². The third kappa shape index (κ3) is 2.55. The van der Waals surface area contributed by atoms with Crippen LogP contribution in [0.15, 0.2) is 12.4 Å². The predicted molar refractivity (Wildman–Crippen MR) is 74.8 cm³/mol. The Bertz CT molecular complexity index is 371. The first-order chi connectivity index (χ1) is 8.83. The van der Waals surface area contributed by atoms with Crippen LogP contribution in [0.25, 0.3) is 0 Å². The second kappa shape index (κ2) is 5.33. The Morgan fingerprint density at radius 2 is 1.83 bits per heavy atom. The van der Waals surface area contributed by atoms with Crippen molar-refractivity contribution in [1.82, 2.24) is 9.55 Å². The molecule has 0 aliphatic heterocycles. The quantitative estimate of drug-likeness (QED) is 0.875. The zero-order valence-corrected chi connectivity index (χ0v) is 11.4. The summed E-state index contributed by atoms with van der Waals surface area (Å²) in [7, 11) is 0. The first kappa shape index (κ1) is 12.1.